The maximum atomic E-state index is 12.0. The lowest BCUT2D eigenvalue weighted by molar-refractivity contribution is -0.123. The summed E-state index contributed by atoms with van der Waals surface area (Å²) >= 11 is 0. The first-order chi connectivity index (χ1) is 12.7. The SMILES string of the molecule is CC=Cc1ccc(OCC(=O)NCc2ccc3c(c2)OCO3)c(OC)c1. The Morgan fingerprint density at radius 1 is 1.15 bits per heavy atom. The fourth-order valence-electron chi connectivity index (χ4n) is 2.55. The van der Waals surface area contributed by atoms with Crippen molar-refractivity contribution in [2.45, 2.75) is 13.5 Å². The molecule has 3 rings (SSSR count). The van der Waals surface area contributed by atoms with Crippen molar-refractivity contribution in [2.24, 2.45) is 0 Å². The Balaban J connectivity index is 1.52. The van der Waals surface area contributed by atoms with Gasteiger partial charge in [0.2, 0.25) is 6.79 Å². The van der Waals surface area contributed by atoms with Gasteiger partial charge in [0.15, 0.2) is 29.6 Å². The van der Waals surface area contributed by atoms with Crippen molar-refractivity contribution >= 4 is 12.0 Å². The van der Waals surface area contributed by atoms with Crippen LogP contribution >= 0.6 is 0 Å². The molecule has 2 aromatic rings. The first kappa shape index (κ1) is 17.7. The van der Waals surface area contributed by atoms with Gasteiger partial charge in [0.05, 0.1) is 7.11 Å². The number of methoxy groups -OCH3 is 1. The van der Waals surface area contributed by atoms with E-state index >= 15 is 0 Å². The average molecular weight is 355 g/mol. The number of allylic oxidation sites excluding steroid dienone is 1. The zero-order valence-electron chi connectivity index (χ0n) is 14.8. The van der Waals surface area contributed by atoms with Gasteiger partial charge in [-0.3, -0.25) is 4.79 Å². The topological polar surface area (TPSA) is 66.0 Å². The Labute approximate surface area is 152 Å². The van der Waals surface area contributed by atoms with Crippen molar-refractivity contribution in [3.63, 3.8) is 0 Å². The number of carbonyl (C=O) groups excluding carboxylic acids is 1. The smallest absolute Gasteiger partial charge is 0.258 e. The van der Waals surface area contributed by atoms with Crippen LogP contribution in [0, 0.1) is 0 Å². The fraction of sp³-hybridized carbons (Fsp3) is 0.250. The standard InChI is InChI=1S/C20H21NO5/c1-3-4-14-5-7-16(18(9-14)23-2)24-12-20(22)21-11-15-6-8-17-19(10-15)26-13-25-17/h3-10H,11-13H2,1-2H3,(H,21,22). The third-order valence-corrected chi connectivity index (χ3v) is 3.83. The molecule has 0 saturated heterocycles. The first-order valence-corrected chi connectivity index (χ1v) is 8.28. The zero-order chi connectivity index (χ0) is 18.4. The van der Waals surface area contributed by atoms with Crippen molar-refractivity contribution in [3.8, 4) is 23.0 Å². The molecule has 2 aromatic carbocycles. The molecule has 0 spiro atoms. The summed E-state index contributed by atoms with van der Waals surface area (Å²) in [6, 6.07) is 11.1. The van der Waals surface area contributed by atoms with Crippen LogP contribution in [0.15, 0.2) is 42.5 Å². The van der Waals surface area contributed by atoms with Gasteiger partial charge in [-0.25, -0.2) is 0 Å². The van der Waals surface area contributed by atoms with Crippen molar-refractivity contribution < 1.29 is 23.7 Å². The molecule has 6 nitrogen and oxygen atoms in total. The van der Waals surface area contributed by atoms with Gasteiger partial charge in [0.1, 0.15) is 0 Å². The highest BCUT2D eigenvalue weighted by atomic mass is 16.7. The van der Waals surface area contributed by atoms with Crippen LogP contribution in [-0.2, 0) is 11.3 Å². The number of carbonyl (C=O) groups is 1. The minimum atomic E-state index is -0.220. The lowest BCUT2D eigenvalue weighted by Gasteiger charge is -2.11. The Hall–Kier alpha value is -3.15. The van der Waals surface area contributed by atoms with E-state index in [1.165, 1.54) is 0 Å². The molecule has 6 heteroatoms. The summed E-state index contributed by atoms with van der Waals surface area (Å²) in [4.78, 5) is 12.0. The maximum Gasteiger partial charge on any atom is 0.258 e. The lowest BCUT2D eigenvalue weighted by Crippen LogP contribution is -2.28. The number of nitrogens with one attached hydrogen (secondary N) is 1. The van der Waals surface area contributed by atoms with Gasteiger partial charge in [-0.15, -0.1) is 0 Å². The number of fused-ring (bicyclic) bond motifs is 1. The third-order valence-electron chi connectivity index (χ3n) is 3.83. The summed E-state index contributed by atoms with van der Waals surface area (Å²) in [6.07, 6.45) is 3.91. The highest BCUT2D eigenvalue weighted by Gasteiger charge is 2.13. The van der Waals surface area contributed by atoms with E-state index in [0.29, 0.717) is 23.8 Å². The monoisotopic (exact) mass is 355 g/mol. The summed E-state index contributed by atoms with van der Waals surface area (Å²) in [5.74, 6) is 2.31. The summed E-state index contributed by atoms with van der Waals surface area (Å²) in [7, 11) is 1.57. The van der Waals surface area contributed by atoms with Gasteiger partial charge in [-0.1, -0.05) is 24.3 Å². The summed E-state index contributed by atoms with van der Waals surface area (Å²) in [5.41, 5.74) is 1.93. The van der Waals surface area contributed by atoms with E-state index in [0.717, 1.165) is 16.9 Å². The maximum absolute atomic E-state index is 12.0. The molecule has 0 aliphatic carbocycles. The van der Waals surface area contributed by atoms with E-state index in [1.54, 1.807) is 13.2 Å². The van der Waals surface area contributed by atoms with Gasteiger partial charge in [0.25, 0.3) is 5.91 Å². The predicted octanol–water partition coefficient (Wildman–Crippen LogP) is 3.15. The Bertz CT molecular complexity index is 816. The molecule has 0 atom stereocenters. The number of ether oxygens (including phenoxy) is 4. The average Bonchev–Trinajstić information content (AvgIpc) is 3.13. The van der Waals surface area contributed by atoms with Gasteiger partial charge in [0, 0.05) is 6.54 Å². The van der Waals surface area contributed by atoms with Crippen LogP contribution in [0.3, 0.4) is 0 Å². The Morgan fingerprint density at radius 3 is 2.81 bits per heavy atom. The summed E-state index contributed by atoms with van der Waals surface area (Å²) < 4.78 is 21.5. The number of benzene rings is 2. The molecule has 0 aromatic heterocycles. The molecule has 0 fully saturated rings. The van der Waals surface area contributed by atoms with Crippen molar-refractivity contribution in [1.29, 1.82) is 0 Å². The van der Waals surface area contributed by atoms with Crippen LogP contribution in [0.25, 0.3) is 6.08 Å². The highest BCUT2D eigenvalue weighted by molar-refractivity contribution is 5.77. The fourth-order valence-corrected chi connectivity index (χ4v) is 2.55. The van der Waals surface area contributed by atoms with Crippen LogP contribution in [0.1, 0.15) is 18.1 Å². The molecule has 1 aliphatic heterocycles. The minimum absolute atomic E-state index is 0.0934. The van der Waals surface area contributed by atoms with E-state index in [9.17, 15) is 4.79 Å². The van der Waals surface area contributed by atoms with E-state index in [-0.39, 0.29) is 19.3 Å². The van der Waals surface area contributed by atoms with E-state index in [4.69, 9.17) is 18.9 Å². The number of rotatable bonds is 7. The molecule has 1 amide bonds. The van der Waals surface area contributed by atoms with Crippen LogP contribution in [-0.4, -0.2) is 26.4 Å². The molecule has 1 heterocycles. The molecule has 0 radical (unpaired) electrons. The normalized spacial score (nSPS) is 12.2. The molecule has 136 valence electrons. The van der Waals surface area contributed by atoms with Crippen LogP contribution in [0.5, 0.6) is 23.0 Å². The van der Waals surface area contributed by atoms with Gasteiger partial charge in [-0.05, 0) is 42.3 Å². The van der Waals surface area contributed by atoms with Crippen molar-refractivity contribution in [1.82, 2.24) is 5.32 Å². The Morgan fingerprint density at radius 2 is 2.00 bits per heavy atom. The van der Waals surface area contributed by atoms with Gasteiger partial charge in [-0.2, -0.15) is 0 Å². The van der Waals surface area contributed by atoms with E-state index in [2.05, 4.69) is 5.32 Å². The zero-order valence-corrected chi connectivity index (χ0v) is 14.8. The molecular formula is C20H21NO5. The molecular weight excluding hydrogens is 334 g/mol. The molecule has 1 N–H and O–H groups in total. The molecule has 1 aliphatic rings. The van der Waals surface area contributed by atoms with Crippen molar-refractivity contribution in [3.05, 3.63) is 53.6 Å². The lowest BCUT2D eigenvalue weighted by atomic mass is 10.2. The highest BCUT2D eigenvalue weighted by Crippen LogP contribution is 2.32. The van der Waals surface area contributed by atoms with E-state index in [1.807, 2.05) is 49.4 Å². The molecule has 0 saturated carbocycles. The summed E-state index contributed by atoms with van der Waals surface area (Å²) in [5, 5.41) is 2.82. The summed E-state index contributed by atoms with van der Waals surface area (Å²) in [6.45, 7) is 2.47. The van der Waals surface area contributed by atoms with E-state index < -0.39 is 0 Å². The second kappa shape index (κ2) is 8.29. The predicted molar refractivity (Wildman–Crippen MR) is 97.6 cm³/mol. The van der Waals surface area contributed by atoms with Crippen LogP contribution < -0.4 is 24.3 Å². The second-order valence-electron chi connectivity index (χ2n) is 5.66. The molecule has 0 bridgehead atoms. The molecule has 26 heavy (non-hydrogen) atoms. The van der Waals surface area contributed by atoms with Crippen molar-refractivity contribution in [2.75, 3.05) is 20.5 Å². The Kier molecular flexibility index (Phi) is 5.63. The quantitative estimate of drug-likeness (QED) is 0.826. The third kappa shape index (κ3) is 4.27. The second-order valence-corrected chi connectivity index (χ2v) is 5.66. The van der Waals surface area contributed by atoms with Crippen LogP contribution in [0.4, 0.5) is 0 Å². The van der Waals surface area contributed by atoms with Gasteiger partial charge < -0.3 is 24.3 Å². The number of hydrogen-bond acceptors (Lipinski definition) is 5. The largest absolute Gasteiger partial charge is 0.493 e. The number of hydrogen-bond donors (Lipinski definition) is 1. The first-order valence-electron chi connectivity index (χ1n) is 8.28. The minimum Gasteiger partial charge on any atom is -0.493 e. The number of amides is 1. The van der Waals surface area contributed by atoms with Crippen LogP contribution in [0.2, 0.25) is 0 Å². The molecule has 0 unspecified atom stereocenters. The van der Waals surface area contributed by atoms with Gasteiger partial charge >= 0.3 is 0 Å².